The van der Waals surface area contributed by atoms with Crippen molar-refractivity contribution < 1.29 is 0 Å². The fourth-order valence-electron chi connectivity index (χ4n) is 2.73. The molecule has 0 spiro atoms. The van der Waals surface area contributed by atoms with Gasteiger partial charge in [0.15, 0.2) is 0 Å². The molecule has 0 aliphatic carbocycles. The molecule has 3 heteroatoms. The fourth-order valence-corrected chi connectivity index (χ4v) is 4.32. The average molecular weight is 298 g/mol. The zero-order chi connectivity index (χ0) is 13.5. The molecule has 0 aromatic heterocycles. The van der Waals surface area contributed by atoms with E-state index in [9.17, 15) is 0 Å². The predicted molar refractivity (Wildman–Crippen MR) is 86.4 cm³/mol. The summed E-state index contributed by atoms with van der Waals surface area (Å²) in [7, 11) is 0. The molecular formula is C16H24ClNS. The molecule has 1 aliphatic rings. The van der Waals surface area contributed by atoms with E-state index in [4.69, 9.17) is 11.6 Å². The Hall–Kier alpha value is -0.180. The first kappa shape index (κ1) is 15.2. The Balaban J connectivity index is 1.70. The predicted octanol–water partition coefficient (Wildman–Crippen LogP) is 4.34. The van der Waals surface area contributed by atoms with E-state index in [0.717, 1.165) is 31.3 Å². The van der Waals surface area contributed by atoms with Gasteiger partial charge in [0, 0.05) is 22.6 Å². The molecule has 0 radical (unpaired) electrons. The zero-order valence-electron chi connectivity index (χ0n) is 11.7. The topological polar surface area (TPSA) is 12.0 Å². The monoisotopic (exact) mass is 297 g/mol. The first-order valence-electron chi connectivity index (χ1n) is 7.34. The summed E-state index contributed by atoms with van der Waals surface area (Å²) in [6.45, 7) is 4.49. The van der Waals surface area contributed by atoms with Crippen LogP contribution in [-0.4, -0.2) is 24.2 Å². The molecule has 2 atom stereocenters. The van der Waals surface area contributed by atoms with Crippen molar-refractivity contribution >= 4 is 23.4 Å². The highest BCUT2D eigenvalue weighted by Gasteiger charge is 2.21. The van der Waals surface area contributed by atoms with E-state index in [2.05, 4.69) is 36.5 Å². The number of nitrogens with one attached hydrogen (secondary N) is 1. The van der Waals surface area contributed by atoms with E-state index < -0.39 is 0 Å². The van der Waals surface area contributed by atoms with Crippen LogP contribution in [0.3, 0.4) is 0 Å². The molecule has 0 bridgehead atoms. The largest absolute Gasteiger partial charge is 0.315 e. The average Bonchev–Trinajstić information content (AvgIpc) is 2.82. The maximum atomic E-state index is 5.87. The maximum absolute atomic E-state index is 5.87. The van der Waals surface area contributed by atoms with Gasteiger partial charge in [0.1, 0.15) is 0 Å². The van der Waals surface area contributed by atoms with E-state index in [1.54, 1.807) is 0 Å². The molecule has 1 aromatic carbocycles. The Bertz CT molecular complexity index is 352. The Morgan fingerprint density at radius 2 is 2.21 bits per heavy atom. The lowest BCUT2D eigenvalue weighted by Crippen LogP contribution is -2.29. The lowest BCUT2D eigenvalue weighted by atomic mass is 10.0. The van der Waals surface area contributed by atoms with E-state index >= 15 is 0 Å². The van der Waals surface area contributed by atoms with E-state index in [0.29, 0.717) is 5.25 Å². The number of fused-ring (bicyclic) bond motifs is 1. The lowest BCUT2D eigenvalue weighted by molar-refractivity contribution is 0.431. The summed E-state index contributed by atoms with van der Waals surface area (Å²) in [5.41, 5.74) is 1.52. The molecule has 0 fully saturated rings. The summed E-state index contributed by atoms with van der Waals surface area (Å²) in [6, 6.07) is 8.79. The molecule has 2 rings (SSSR count). The molecule has 1 heterocycles. The minimum absolute atomic E-state index is 0.704. The smallest absolute Gasteiger partial charge is 0.0260 e. The molecular weight excluding hydrogens is 274 g/mol. The van der Waals surface area contributed by atoms with Gasteiger partial charge in [0.25, 0.3) is 0 Å². The van der Waals surface area contributed by atoms with Crippen LogP contribution < -0.4 is 5.32 Å². The summed E-state index contributed by atoms with van der Waals surface area (Å²) in [4.78, 5) is 1.47. The number of thioether (sulfide) groups is 1. The summed E-state index contributed by atoms with van der Waals surface area (Å²) in [5, 5.41) is 4.36. The van der Waals surface area contributed by atoms with Crippen molar-refractivity contribution in [1.82, 2.24) is 5.32 Å². The minimum Gasteiger partial charge on any atom is -0.315 e. The van der Waals surface area contributed by atoms with Gasteiger partial charge < -0.3 is 5.32 Å². The molecule has 0 saturated carbocycles. The first-order chi connectivity index (χ1) is 9.33. The second-order valence-electron chi connectivity index (χ2n) is 5.34. The number of halogens is 1. The molecule has 0 saturated heterocycles. The van der Waals surface area contributed by atoms with E-state index in [1.165, 1.54) is 29.7 Å². The van der Waals surface area contributed by atoms with Crippen LogP contribution in [0, 0.1) is 5.92 Å². The summed E-state index contributed by atoms with van der Waals surface area (Å²) in [6.07, 6.45) is 4.90. The molecule has 1 nitrogen and oxygen atoms in total. The van der Waals surface area contributed by atoms with Gasteiger partial charge in [-0.15, -0.1) is 23.4 Å². The molecule has 2 unspecified atom stereocenters. The van der Waals surface area contributed by atoms with Crippen molar-refractivity contribution in [3.63, 3.8) is 0 Å². The number of hydrogen-bond acceptors (Lipinski definition) is 2. The van der Waals surface area contributed by atoms with Crippen LogP contribution in [0.2, 0.25) is 0 Å². The fraction of sp³-hybridized carbons (Fsp3) is 0.625. The molecule has 0 amide bonds. The number of rotatable bonds is 8. The lowest BCUT2D eigenvalue weighted by Gasteiger charge is -2.17. The normalized spacial score (nSPS) is 19.4. The third kappa shape index (κ3) is 4.70. The van der Waals surface area contributed by atoms with Crippen LogP contribution >= 0.6 is 23.4 Å². The SMILES string of the molecule is CCCC(CCCl)CNCC1Cc2ccccc2S1. The van der Waals surface area contributed by atoms with Gasteiger partial charge in [-0.1, -0.05) is 31.5 Å². The third-order valence-corrected chi connectivity index (χ3v) is 5.27. The van der Waals surface area contributed by atoms with Crippen LogP contribution in [0.4, 0.5) is 0 Å². The highest BCUT2D eigenvalue weighted by molar-refractivity contribution is 8.00. The van der Waals surface area contributed by atoms with Crippen molar-refractivity contribution in [3.05, 3.63) is 29.8 Å². The zero-order valence-corrected chi connectivity index (χ0v) is 13.3. The second-order valence-corrected chi connectivity index (χ2v) is 7.06. The highest BCUT2D eigenvalue weighted by atomic mass is 35.5. The van der Waals surface area contributed by atoms with Crippen molar-refractivity contribution in [2.75, 3.05) is 19.0 Å². The van der Waals surface area contributed by atoms with Gasteiger partial charge in [-0.3, -0.25) is 0 Å². The van der Waals surface area contributed by atoms with Gasteiger partial charge in [0.05, 0.1) is 0 Å². The van der Waals surface area contributed by atoms with Gasteiger partial charge in [-0.05, 0) is 43.4 Å². The summed E-state index contributed by atoms with van der Waals surface area (Å²) in [5.74, 6) is 1.53. The third-order valence-electron chi connectivity index (χ3n) is 3.73. The Kier molecular flexibility index (Phi) is 6.55. The van der Waals surface area contributed by atoms with E-state index in [1.807, 2.05) is 11.8 Å². The Labute approximate surface area is 126 Å². The minimum atomic E-state index is 0.704. The van der Waals surface area contributed by atoms with Crippen LogP contribution in [-0.2, 0) is 6.42 Å². The van der Waals surface area contributed by atoms with Crippen molar-refractivity contribution in [1.29, 1.82) is 0 Å². The Morgan fingerprint density at radius 1 is 1.37 bits per heavy atom. The quantitative estimate of drug-likeness (QED) is 0.717. The summed E-state index contributed by atoms with van der Waals surface area (Å²) < 4.78 is 0. The standard InChI is InChI=1S/C16H24ClNS/c1-2-5-13(8-9-17)11-18-12-15-10-14-6-3-4-7-16(14)19-15/h3-4,6-7,13,15,18H,2,5,8-12H2,1H3. The van der Waals surface area contributed by atoms with Crippen LogP contribution in [0.25, 0.3) is 0 Å². The van der Waals surface area contributed by atoms with Gasteiger partial charge in [-0.25, -0.2) is 0 Å². The number of alkyl halides is 1. The maximum Gasteiger partial charge on any atom is 0.0260 e. The van der Waals surface area contributed by atoms with Gasteiger partial charge >= 0.3 is 0 Å². The Morgan fingerprint density at radius 3 is 2.95 bits per heavy atom. The molecule has 1 N–H and O–H groups in total. The number of benzene rings is 1. The van der Waals surface area contributed by atoms with Gasteiger partial charge in [0.2, 0.25) is 0 Å². The molecule has 19 heavy (non-hydrogen) atoms. The van der Waals surface area contributed by atoms with E-state index in [-0.39, 0.29) is 0 Å². The molecule has 1 aromatic rings. The summed E-state index contributed by atoms with van der Waals surface area (Å²) >= 11 is 7.89. The highest BCUT2D eigenvalue weighted by Crippen LogP contribution is 2.36. The van der Waals surface area contributed by atoms with Crippen LogP contribution in [0.5, 0.6) is 0 Å². The first-order valence-corrected chi connectivity index (χ1v) is 8.76. The molecule has 106 valence electrons. The van der Waals surface area contributed by atoms with Crippen LogP contribution in [0.15, 0.2) is 29.2 Å². The van der Waals surface area contributed by atoms with Crippen LogP contribution in [0.1, 0.15) is 31.7 Å². The molecule has 1 aliphatic heterocycles. The van der Waals surface area contributed by atoms with Gasteiger partial charge in [-0.2, -0.15) is 0 Å². The van der Waals surface area contributed by atoms with Crippen molar-refractivity contribution in [3.8, 4) is 0 Å². The van der Waals surface area contributed by atoms with Crippen molar-refractivity contribution in [2.45, 2.75) is 42.8 Å². The second kappa shape index (κ2) is 8.18. The van der Waals surface area contributed by atoms with Crippen molar-refractivity contribution in [2.24, 2.45) is 5.92 Å². The number of hydrogen-bond donors (Lipinski definition) is 1.